The molecule has 11 heavy (non-hydrogen) atoms. The van der Waals surface area contributed by atoms with Crippen LogP contribution in [0.1, 0.15) is 20.8 Å². The molecular formula is C8H11NO2. The molecular weight excluding hydrogens is 142 g/mol. The van der Waals surface area contributed by atoms with Crippen molar-refractivity contribution in [2.45, 2.75) is 26.3 Å². The molecule has 0 aromatic carbocycles. The van der Waals surface area contributed by atoms with Crippen LogP contribution in [0.4, 0.5) is 0 Å². The Morgan fingerprint density at radius 3 is 2.27 bits per heavy atom. The molecule has 0 fully saturated rings. The third-order valence-electron chi connectivity index (χ3n) is 1.75. The van der Waals surface area contributed by atoms with E-state index in [1.54, 1.807) is 6.08 Å². The van der Waals surface area contributed by atoms with Gasteiger partial charge in [0, 0.05) is 13.0 Å². The fourth-order valence-corrected chi connectivity index (χ4v) is 1.27. The molecule has 1 heterocycles. The van der Waals surface area contributed by atoms with Crippen molar-refractivity contribution in [2.24, 2.45) is 0 Å². The highest BCUT2D eigenvalue weighted by atomic mass is 16.2. The Hall–Kier alpha value is -1.12. The first kappa shape index (κ1) is 7.98. The summed E-state index contributed by atoms with van der Waals surface area (Å²) in [5.41, 5.74) is -0.442. The van der Waals surface area contributed by atoms with E-state index < -0.39 is 5.54 Å². The fraction of sp³-hybridized carbons (Fsp3) is 0.500. The zero-order chi connectivity index (χ0) is 8.65. The number of amides is 2. The van der Waals surface area contributed by atoms with Crippen LogP contribution in [0.3, 0.4) is 0 Å². The molecule has 0 aromatic rings. The maximum Gasteiger partial charge on any atom is 0.253 e. The Bertz CT molecular complexity index is 240. The molecule has 0 saturated heterocycles. The van der Waals surface area contributed by atoms with E-state index in [0.29, 0.717) is 0 Å². The van der Waals surface area contributed by atoms with Crippen LogP contribution in [-0.2, 0) is 9.59 Å². The first-order chi connectivity index (χ1) is 4.95. The van der Waals surface area contributed by atoms with Gasteiger partial charge in [0.1, 0.15) is 0 Å². The first-order valence-electron chi connectivity index (χ1n) is 3.49. The molecule has 0 atom stereocenters. The molecule has 0 spiro atoms. The van der Waals surface area contributed by atoms with Crippen LogP contribution in [-0.4, -0.2) is 22.3 Å². The smallest absolute Gasteiger partial charge is 0.253 e. The van der Waals surface area contributed by atoms with Crippen LogP contribution in [0.15, 0.2) is 12.2 Å². The molecule has 0 radical (unpaired) electrons. The topological polar surface area (TPSA) is 37.4 Å². The van der Waals surface area contributed by atoms with Crippen LogP contribution in [0.5, 0.6) is 0 Å². The quantitative estimate of drug-likeness (QED) is 0.514. The van der Waals surface area contributed by atoms with E-state index in [9.17, 15) is 9.59 Å². The number of rotatable bonds is 0. The number of imide groups is 1. The minimum Gasteiger partial charge on any atom is -0.275 e. The Morgan fingerprint density at radius 2 is 2.09 bits per heavy atom. The number of nitrogens with zero attached hydrogens (tertiary/aromatic N) is 1. The molecule has 2 amide bonds. The van der Waals surface area contributed by atoms with Crippen molar-refractivity contribution in [1.29, 1.82) is 0 Å². The lowest BCUT2D eigenvalue weighted by atomic mass is 10.1. The molecule has 1 rings (SSSR count). The molecule has 1 aliphatic heterocycles. The predicted octanol–water partition coefficient (Wildman–Crippen LogP) is 0.710. The van der Waals surface area contributed by atoms with Gasteiger partial charge in [0.25, 0.3) is 5.91 Å². The number of carbonyl (C=O) groups is 2. The van der Waals surface area contributed by atoms with Gasteiger partial charge < -0.3 is 0 Å². The van der Waals surface area contributed by atoms with Crippen molar-refractivity contribution in [3.8, 4) is 0 Å². The lowest BCUT2D eigenvalue weighted by Crippen LogP contribution is -2.44. The van der Waals surface area contributed by atoms with Crippen LogP contribution in [0.2, 0.25) is 0 Å². The van der Waals surface area contributed by atoms with Gasteiger partial charge in [-0.25, -0.2) is 0 Å². The minimum atomic E-state index is -0.442. The molecule has 3 nitrogen and oxygen atoms in total. The molecule has 0 saturated carbocycles. The average molecular weight is 153 g/mol. The van der Waals surface area contributed by atoms with E-state index in [0.717, 1.165) is 0 Å². The summed E-state index contributed by atoms with van der Waals surface area (Å²) in [5, 5.41) is 0. The van der Waals surface area contributed by atoms with Crippen LogP contribution in [0.25, 0.3) is 0 Å². The van der Waals surface area contributed by atoms with E-state index in [4.69, 9.17) is 0 Å². The van der Waals surface area contributed by atoms with Gasteiger partial charge in [0.15, 0.2) is 0 Å². The molecule has 60 valence electrons. The summed E-state index contributed by atoms with van der Waals surface area (Å²) in [6.07, 6.45) is 3.16. The largest absolute Gasteiger partial charge is 0.275 e. The number of carbonyl (C=O) groups excluding carboxylic acids is 2. The number of hydrogen-bond donors (Lipinski definition) is 0. The van der Waals surface area contributed by atoms with Crippen molar-refractivity contribution in [1.82, 2.24) is 4.90 Å². The summed E-state index contributed by atoms with van der Waals surface area (Å²) >= 11 is 0. The van der Waals surface area contributed by atoms with Crippen molar-refractivity contribution in [3.05, 3.63) is 12.2 Å². The van der Waals surface area contributed by atoms with Crippen LogP contribution in [0, 0.1) is 0 Å². The van der Waals surface area contributed by atoms with Gasteiger partial charge >= 0.3 is 0 Å². The lowest BCUT2D eigenvalue weighted by molar-refractivity contribution is -0.143. The second-order valence-corrected chi connectivity index (χ2v) is 3.18. The SMILES string of the molecule is CC(=O)N1C(=O)C=CC1(C)C. The standard InChI is InChI=1S/C8H11NO2/c1-6(10)9-7(11)4-5-8(9,2)3/h4-5H,1-3H3. The predicted molar refractivity (Wildman–Crippen MR) is 40.7 cm³/mol. The zero-order valence-electron chi connectivity index (χ0n) is 6.92. The highest BCUT2D eigenvalue weighted by Crippen LogP contribution is 2.22. The molecule has 0 bridgehead atoms. The zero-order valence-corrected chi connectivity index (χ0v) is 6.92. The third-order valence-corrected chi connectivity index (χ3v) is 1.75. The van der Waals surface area contributed by atoms with Gasteiger partial charge in [-0.15, -0.1) is 0 Å². The lowest BCUT2D eigenvalue weighted by Gasteiger charge is -2.27. The average Bonchev–Trinajstić information content (AvgIpc) is 2.06. The molecule has 3 heteroatoms. The van der Waals surface area contributed by atoms with Crippen molar-refractivity contribution in [3.63, 3.8) is 0 Å². The summed E-state index contributed by atoms with van der Waals surface area (Å²) in [4.78, 5) is 23.2. The Morgan fingerprint density at radius 1 is 1.55 bits per heavy atom. The Labute approximate surface area is 65.7 Å². The molecule has 0 N–H and O–H groups in total. The summed E-state index contributed by atoms with van der Waals surface area (Å²) in [6, 6.07) is 0. The molecule has 0 aliphatic carbocycles. The maximum absolute atomic E-state index is 11.0. The molecule has 1 aliphatic rings. The Kier molecular flexibility index (Phi) is 1.59. The van der Waals surface area contributed by atoms with Crippen molar-refractivity contribution < 1.29 is 9.59 Å². The van der Waals surface area contributed by atoms with E-state index in [1.165, 1.54) is 17.9 Å². The summed E-state index contributed by atoms with van der Waals surface area (Å²) < 4.78 is 0. The second kappa shape index (κ2) is 2.19. The highest BCUT2D eigenvalue weighted by molar-refractivity contribution is 6.03. The van der Waals surface area contributed by atoms with Gasteiger partial charge in [-0.3, -0.25) is 14.5 Å². The second-order valence-electron chi connectivity index (χ2n) is 3.18. The van der Waals surface area contributed by atoms with Crippen LogP contribution >= 0.6 is 0 Å². The van der Waals surface area contributed by atoms with Crippen LogP contribution < -0.4 is 0 Å². The van der Waals surface area contributed by atoms with E-state index >= 15 is 0 Å². The number of hydrogen-bond acceptors (Lipinski definition) is 2. The van der Waals surface area contributed by atoms with E-state index in [-0.39, 0.29) is 11.8 Å². The molecule has 0 aromatic heterocycles. The Balaban J connectivity index is 2.96. The van der Waals surface area contributed by atoms with Gasteiger partial charge in [0.2, 0.25) is 5.91 Å². The summed E-state index contributed by atoms with van der Waals surface area (Å²) in [6.45, 7) is 5.05. The first-order valence-corrected chi connectivity index (χ1v) is 3.49. The van der Waals surface area contributed by atoms with Gasteiger partial charge in [0.05, 0.1) is 5.54 Å². The van der Waals surface area contributed by atoms with Crippen molar-refractivity contribution >= 4 is 11.8 Å². The summed E-state index contributed by atoms with van der Waals surface area (Å²) in [7, 11) is 0. The monoisotopic (exact) mass is 153 g/mol. The van der Waals surface area contributed by atoms with E-state index in [1.807, 2.05) is 13.8 Å². The highest BCUT2D eigenvalue weighted by Gasteiger charge is 2.35. The van der Waals surface area contributed by atoms with Gasteiger partial charge in [-0.05, 0) is 13.8 Å². The van der Waals surface area contributed by atoms with Gasteiger partial charge in [-0.2, -0.15) is 0 Å². The van der Waals surface area contributed by atoms with E-state index in [2.05, 4.69) is 0 Å². The third kappa shape index (κ3) is 1.18. The van der Waals surface area contributed by atoms with Crippen molar-refractivity contribution in [2.75, 3.05) is 0 Å². The fourth-order valence-electron chi connectivity index (χ4n) is 1.27. The van der Waals surface area contributed by atoms with Gasteiger partial charge in [-0.1, -0.05) is 6.08 Å². The maximum atomic E-state index is 11.0. The molecule has 0 unspecified atom stereocenters. The minimum absolute atomic E-state index is 0.204. The summed E-state index contributed by atoms with van der Waals surface area (Å²) in [5.74, 6) is -0.424. The normalized spacial score (nSPS) is 21.0.